The Morgan fingerprint density at radius 1 is 1.21 bits per heavy atom. The number of aliphatic hydroxyl groups is 1. The lowest BCUT2D eigenvalue weighted by Crippen LogP contribution is -2.49. The highest BCUT2D eigenvalue weighted by Gasteiger charge is 2.24. The van der Waals surface area contributed by atoms with Crippen LogP contribution in [0.15, 0.2) is 24.3 Å². The molecule has 106 valence electrons. The maximum Gasteiger partial charge on any atom is 0.0942 e. The third kappa shape index (κ3) is 3.78. The van der Waals surface area contributed by atoms with Gasteiger partial charge in [-0.05, 0) is 24.5 Å². The summed E-state index contributed by atoms with van der Waals surface area (Å²) in [7, 11) is 0. The van der Waals surface area contributed by atoms with Crippen molar-refractivity contribution in [2.75, 3.05) is 26.2 Å². The molecule has 1 aliphatic heterocycles. The first-order valence-electron chi connectivity index (χ1n) is 7.44. The molecule has 19 heavy (non-hydrogen) atoms. The molecule has 2 atom stereocenters. The monoisotopic (exact) mass is 262 g/mol. The number of nitrogens with zero attached hydrogens (tertiary/aromatic N) is 1. The molecule has 0 aliphatic carbocycles. The molecule has 0 radical (unpaired) electrons. The van der Waals surface area contributed by atoms with E-state index in [1.54, 1.807) is 0 Å². The fraction of sp³-hybridized carbons (Fsp3) is 0.625. The van der Waals surface area contributed by atoms with E-state index in [4.69, 9.17) is 0 Å². The topological polar surface area (TPSA) is 35.5 Å². The summed E-state index contributed by atoms with van der Waals surface area (Å²) in [6.45, 7) is 8.39. The number of hydrogen-bond acceptors (Lipinski definition) is 3. The summed E-state index contributed by atoms with van der Waals surface area (Å²) < 4.78 is 0. The molecule has 1 aromatic carbocycles. The van der Waals surface area contributed by atoms with Gasteiger partial charge in [0.1, 0.15) is 0 Å². The summed E-state index contributed by atoms with van der Waals surface area (Å²) in [6, 6.07) is 8.63. The van der Waals surface area contributed by atoms with Gasteiger partial charge >= 0.3 is 0 Å². The van der Waals surface area contributed by atoms with E-state index in [0.29, 0.717) is 0 Å². The predicted octanol–water partition coefficient (Wildman–Crippen LogP) is 1.97. The number of nitrogens with one attached hydrogen (secondary N) is 1. The molecule has 2 rings (SSSR count). The third-order valence-corrected chi connectivity index (χ3v) is 4.04. The number of aryl methyl sites for hydroxylation is 1. The highest BCUT2D eigenvalue weighted by molar-refractivity contribution is 5.25. The maximum absolute atomic E-state index is 10.5. The van der Waals surface area contributed by atoms with Crippen molar-refractivity contribution < 1.29 is 5.11 Å². The lowest BCUT2D eigenvalue weighted by Gasteiger charge is -2.35. The lowest BCUT2D eigenvalue weighted by molar-refractivity contribution is 0.0510. The van der Waals surface area contributed by atoms with Crippen LogP contribution in [0.3, 0.4) is 0 Å². The van der Waals surface area contributed by atoms with Gasteiger partial charge in [0.25, 0.3) is 0 Å². The molecule has 2 unspecified atom stereocenters. The molecular formula is C16H26N2O. The van der Waals surface area contributed by atoms with E-state index in [9.17, 15) is 5.11 Å². The first-order valence-corrected chi connectivity index (χ1v) is 7.44. The summed E-state index contributed by atoms with van der Waals surface area (Å²) in [5, 5.41) is 13.8. The minimum absolute atomic E-state index is 0.180. The van der Waals surface area contributed by atoms with E-state index in [1.807, 2.05) is 0 Å². The van der Waals surface area contributed by atoms with Crippen LogP contribution in [0.4, 0.5) is 0 Å². The second kappa shape index (κ2) is 7.04. The highest BCUT2D eigenvalue weighted by atomic mass is 16.3. The molecule has 0 aromatic heterocycles. The molecular weight excluding hydrogens is 236 g/mol. The normalized spacial score (nSPS) is 20.2. The fourth-order valence-corrected chi connectivity index (χ4v) is 2.74. The van der Waals surface area contributed by atoms with Crippen LogP contribution in [0.25, 0.3) is 0 Å². The van der Waals surface area contributed by atoms with Gasteiger partial charge in [0.05, 0.1) is 6.10 Å². The Morgan fingerprint density at radius 2 is 1.84 bits per heavy atom. The second-order valence-electron chi connectivity index (χ2n) is 5.46. The standard InChI is InChI=1S/C16H26N2O/c1-3-4-14-5-7-15(8-6-14)16(19)13(2)18-11-9-17-10-12-18/h5-8,13,16-17,19H,3-4,9-12H2,1-2H3. The molecule has 0 bridgehead atoms. The smallest absolute Gasteiger partial charge is 0.0942 e. The Balaban J connectivity index is 1.99. The van der Waals surface area contributed by atoms with Gasteiger partial charge in [0.2, 0.25) is 0 Å². The average molecular weight is 262 g/mol. The molecule has 1 saturated heterocycles. The van der Waals surface area contributed by atoms with Gasteiger partial charge in [-0.25, -0.2) is 0 Å². The van der Waals surface area contributed by atoms with Crippen molar-refractivity contribution in [1.82, 2.24) is 10.2 Å². The van der Waals surface area contributed by atoms with E-state index in [0.717, 1.165) is 38.2 Å². The van der Waals surface area contributed by atoms with Crippen LogP contribution >= 0.6 is 0 Å². The Bertz CT molecular complexity index is 371. The lowest BCUT2D eigenvalue weighted by atomic mass is 9.99. The summed E-state index contributed by atoms with van der Waals surface area (Å²) in [5.74, 6) is 0. The van der Waals surface area contributed by atoms with Crippen LogP contribution < -0.4 is 5.32 Å². The largest absolute Gasteiger partial charge is 0.387 e. The zero-order valence-corrected chi connectivity index (χ0v) is 12.1. The first-order chi connectivity index (χ1) is 9.22. The molecule has 1 heterocycles. The van der Waals surface area contributed by atoms with Gasteiger partial charge in [-0.3, -0.25) is 4.90 Å². The second-order valence-corrected chi connectivity index (χ2v) is 5.46. The van der Waals surface area contributed by atoms with Gasteiger partial charge in [-0.1, -0.05) is 37.6 Å². The van der Waals surface area contributed by atoms with Crippen LogP contribution in [0.1, 0.15) is 37.5 Å². The number of rotatable bonds is 5. The molecule has 3 heteroatoms. The number of piperazine rings is 1. The van der Waals surface area contributed by atoms with Crippen LogP contribution in [-0.4, -0.2) is 42.2 Å². The van der Waals surface area contributed by atoms with Crippen LogP contribution in [0.5, 0.6) is 0 Å². The minimum Gasteiger partial charge on any atom is -0.387 e. The Labute approximate surface area is 116 Å². The predicted molar refractivity (Wildman–Crippen MR) is 79.3 cm³/mol. The molecule has 2 N–H and O–H groups in total. The van der Waals surface area contributed by atoms with Gasteiger partial charge in [0.15, 0.2) is 0 Å². The SMILES string of the molecule is CCCc1ccc(C(O)C(C)N2CCNCC2)cc1. The number of hydrogen-bond donors (Lipinski definition) is 2. The summed E-state index contributed by atoms with van der Waals surface area (Å²) in [5.41, 5.74) is 2.39. The van der Waals surface area contributed by atoms with Gasteiger partial charge in [-0.2, -0.15) is 0 Å². The minimum atomic E-state index is -0.395. The Kier molecular flexibility index (Phi) is 5.37. The fourth-order valence-electron chi connectivity index (χ4n) is 2.74. The molecule has 1 fully saturated rings. The molecule has 1 aromatic rings. The molecule has 0 saturated carbocycles. The van der Waals surface area contributed by atoms with E-state index < -0.39 is 6.10 Å². The summed E-state index contributed by atoms with van der Waals surface area (Å²) in [4.78, 5) is 2.36. The first kappa shape index (κ1) is 14.5. The van der Waals surface area contributed by atoms with Gasteiger partial charge in [-0.15, -0.1) is 0 Å². The van der Waals surface area contributed by atoms with E-state index in [-0.39, 0.29) is 6.04 Å². The Morgan fingerprint density at radius 3 is 2.42 bits per heavy atom. The van der Waals surface area contributed by atoms with Crippen molar-refractivity contribution >= 4 is 0 Å². The third-order valence-electron chi connectivity index (χ3n) is 4.04. The van der Waals surface area contributed by atoms with Crippen LogP contribution in [0, 0.1) is 0 Å². The van der Waals surface area contributed by atoms with E-state index >= 15 is 0 Å². The summed E-state index contributed by atoms with van der Waals surface area (Å²) >= 11 is 0. The van der Waals surface area contributed by atoms with Crippen molar-refractivity contribution in [3.8, 4) is 0 Å². The van der Waals surface area contributed by atoms with Crippen LogP contribution in [-0.2, 0) is 6.42 Å². The zero-order valence-electron chi connectivity index (χ0n) is 12.1. The zero-order chi connectivity index (χ0) is 13.7. The number of benzene rings is 1. The van der Waals surface area contributed by atoms with Crippen molar-refractivity contribution in [3.05, 3.63) is 35.4 Å². The van der Waals surface area contributed by atoms with Gasteiger partial charge in [0, 0.05) is 32.2 Å². The van der Waals surface area contributed by atoms with E-state index in [2.05, 4.69) is 48.3 Å². The average Bonchev–Trinajstić information content (AvgIpc) is 2.48. The van der Waals surface area contributed by atoms with Crippen LogP contribution in [0.2, 0.25) is 0 Å². The molecule has 3 nitrogen and oxygen atoms in total. The molecule has 0 spiro atoms. The molecule has 1 aliphatic rings. The van der Waals surface area contributed by atoms with Crippen molar-refractivity contribution in [2.45, 2.75) is 38.8 Å². The molecule has 0 amide bonds. The quantitative estimate of drug-likeness (QED) is 0.851. The van der Waals surface area contributed by atoms with Crippen molar-refractivity contribution in [2.24, 2.45) is 0 Å². The van der Waals surface area contributed by atoms with Crippen molar-refractivity contribution in [1.29, 1.82) is 0 Å². The summed E-state index contributed by atoms with van der Waals surface area (Å²) in [6.07, 6.45) is 1.89. The number of aliphatic hydroxyl groups excluding tert-OH is 1. The highest BCUT2D eigenvalue weighted by Crippen LogP contribution is 2.22. The van der Waals surface area contributed by atoms with Gasteiger partial charge < -0.3 is 10.4 Å². The Hall–Kier alpha value is -0.900. The van der Waals surface area contributed by atoms with E-state index in [1.165, 1.54) is 12.0 Å². The van der Waals surface area contributed by atoms with Crippen molar-refractivity contribution in [3.63, 3.8) is 0 Å². The maximum atomic E-state index is 10.5.